The average molecular weight is 391 g/mol. The molecule has 0 radical (unpaired) electrons. The molecule has 0 saturated heterocycles. The van der Waals surface area contributed by atoms with E-state index >= 15 is 0 Å². The van der Waals surface area contributed by atoms with Crippen molar-refractivity contribution in [1.29, 1.82) is 0 Å². The highest BCUT2D eigenvalue weighted by Crippen LogP contribution is 2.51. The van der Waals surface area contributed by atoms with Crippen molar-refractivity contribution in [3.8, 4) is 0 Å². The van der Waals surface area contributed by atoms with Crippen molar-refractivity contribution in [2.75, 3.05) is 0 Å². The third-order valence-electron chi connectivity index (χ3n) is 3.16. The van der Waals surface area contributed by atoms with Gasteiger partial charge in [-0.05, 0) is 24.7 Å². The number of alkyl halides is 3. The molecule has 4 heteroatoms. The number of rotatable bonds is 1. The number of hydrogen-bond acceptors (Lipinski definition) is 1. The normalized spacial score (nSPS) is 37.6. The Hall–Kier alpha value is 1.11. The molecule has 0 aromatic carbocycles. The molecule has 0 aromatic rings. The van der Waals surface area contributed by atoms with Crippen molar-refractivity contribution >= 4 is 53.6 Å². The molecule has 0 bridgehead atoms. The molecule has 0 aromatic heterocycles. The lowest BCUT2D eigenvalue weighted by Gasteiger charge is -2.43. The Morgan fingerprint density at radius 3 is 2.29 bits per heavy atom. The minimum Gasteiger partial charge on any atom is -0.296 e. The van der Waals surface area contributed by atoms with Gasteiger partial charge in [0.15, 0.2) is 5.78 Å². The second kappa shape index (κ2) is 4.17. The molecule has 0 amide bonds. The SMILES string of the molecule is CC1CCC(Br)(C(C)C)C(=O)C1(Br)Br. The summed E-state index contributed by atoms with van der Waals surface area (Å²) in [5.41, 5.74) is 0. The first-order chi connectivity index (χ1) is 6.23. The number of carbonyl (C=O) groups excluding carboxylic acids is 1. The molecule has 0 spiro atoms. The van der Waals surface area contributed by atoms with Crippen LogP contribution in [-0.4, -0.2) is 13.3 Å². The van der Waals surface area contributed by atoms with E-state index < -0.39 is 3.23 Å². The molecule has 0 heterocycles. The number of ketones is 1. The molecule has 2 unspecified atom stereocenters. The Labute approximate surface area is 111 Å². The van der Waals surface area contributed by atoms with Crippen LogP contribution in [0.4, 0.5) is 0 Å². The smallest absolute Gasteiger partial charge is 0.177 e. The molecule has 0 N–H and O–H groups in total. The van der Waals surface area contributed by atoms with Crippen LogP contribution in [0.15, 0.2) is 0 Å². The van der Waals surface area contributed by atoms with Gasteiger partial charge in [-0.15, -0.1) is 0 Å². The van der Waals surface area contributed by atoms with E-state index in [0.29, 0.717) is 11.8 Å². The number of halogens is 3. The highest BCUT2D eigenvalue weighted by atomic mass is 79.9. The molecule has 1 fully saturated rings. The summed E-state index contributed by atoms with van der Waals surface area (Å²) in [4.78, 5) is 12.3. The zero-order chi connectivity index (χ0) is 11.1. The van der Waals surface area contributed by atoms with E-state index in [2.05, 4.69) is 68.6 Å². The molecule has 14 heavy (non-hydrogen) atoms. The van der Waals surface area contributed by atoms with Crippen LogP contribution < -0.4 is 0 Å². The molecule has 1 saturated carbocycles. The largest absolute Gasteiger partial charge is 0.296 e. The van der Waals surface area contributed by atoms with E-state index in [-0.39, 0.29) is 10.1 Å². The van der Waals surface area contributed by atoms with Crippen molar-refractivity contribution in [2.24, 2.45) is 11.8 Å². The van der Waals surface area contributed by atoms with Crippen LogP contribution in [0, 0.1) is 11.8 Å². The topological polar surface area (TPSA) is 17.1 Å². The van der Waals surface area contributed by atoms with Crippen molar-refractivity contribution in [3.05, 3.63) is 0 Å². The fourth-order valence-corrected chi connectivity index (χ4v) is 4.01. The standard InChI is InChI=1S/C10H15Br3O/c1-6(2)9(11)5-4-7(3)10(12,13)8(9)14/h6-7H,4-5H2,1-3H3. The van der Waals surface area contributed by atoms with Crippen molar-refractivity contribution in [2.45, 2.75) is 41.2 Å². The predicted octanol–water partition coefficient (Wildman–Crippen LogP) is 4.26. The van der Waals surface area contributed by atoms with E-state index in [1.165, 1.54) is 0 Å². The van der Waals surface area contributed by atoms with Crippen LogP contribution in [0.5, 0.6) is 0 Å². The summed E-state index contributed by atoms with van der Waals surface area (Å²) in [6, 6.07) is 0. The molecular formula is C10H15Br3O. The maximum atomic E-state index is 12.3. The third-order valence-corrected chi connectivity index (χ3v) is 7.11. The molecule has 82 valence electrons. The molecule has 1 aliphatic carbocycles. The lowest BCUT2D eigenvalue weighted by molar-refractivity contribution is -0.124. The zero-order valence-electron chi connectivity index (χ0n) is 8.61. The number of Topliss-reactive ketones (excluding diaryl/α,β-unsaturated/α-hetero) is 1. The number of carbonyl (C=O) groups is 1. The molecule has 2 atom stereocenters. The quantitative estimate of drug-likeness (QED) is 0.611. The van der Waals surface area contributed by atoms with Crippen LogP contribution >= 0.6 is 47.8 Å². The van der Waals surface area contributed by atoms with Crippen LogP contribution in [0.3, 0.4) is 0 Å². The van der Waals surface area contributed by atoms with Gasteiger partial charge in [-0.25, -0.2) is 0 Å². The van der Waals surface area contributed by atoms with Gasteiger partial charge in [0, 0.05) is 0 Å². The molecular weight excluding hydrogens is 376 g/mol. The zero-order valence-corrected chi connectivity index (χ0v) is 13.4. The van der Waals surface area contributed by atoms with E-state index in [4.69, 9.17) is 0 Å². The van der Waals surface area contributed by atoms with Gasteiger partial charge in [0.2, 0.25) is 0 Å². The van der Waals surface area contributed by atoms with E-state index in [1.807, 2.05) is 0 Å². The van der Waals surface area contributed by atoms with Crippen LogP contribution in [0.1, 0.15) is 33.6 Å². The monoisotopic (exact) mass is 388 g/mol. The summed E-state index contributed by atoms with van der Waals surface area (Å²) in [6.45, 7) is 6.26. The van der Waals surface area contributed by atoms with Gasteiger partial charge < -0.3 is 0 Å². The minimum atomic E-state index is -0.550. The molecule has 0 aliphatic heterocycles. The van der Waals surface area contributed by atoms with E-state index in [1.54, 1.807) is 0 Å². The van der Waals surface area contributed by atoms with Crippen molar-refractivity contribution in [1.82, 2.24) is 0 Å². The summed E-state index contributed by atoms with van der Waals surface area (Å²) in [6.07, 6.45) is 1.97. The maximum Gasteiger partial charge on any atom is 0.177 e. The van der Waals surface area contributed by atoms with Crippen molar-refractivity contribution < 1.29 is 4.79 Å². The first-order valence-electron chi connectivity index (χ1n) is 4.84. The lowest BCUT2D eigenvalue weighted by Crippen LogP contribution is -2.53. The average Bonchev–Trinajstić information content (AvgIpc) is 2.09. The molecule has 1 rings (SSSR count). The number of hydrogen-bond donors (Lipinski definition) is 0. The summed E-state index contributed by atoms with van der Waals surface area (Å²) in [5.74, 6) is 0.871. The Kier molecular flexibility index (Phi) is 3.93. The summed E-state index contributed by atoms with van der Waals surface area (Å²) < 4.78 is -0.918. The van der Waals surface area contributed by atoms with E-state index in [0.717, 1.165) is 12.8 Å². The molecule has 1 aliphatic rings. The minimum absolute atomic E-state index is 0.221. The second-order valence-corrected chi connectivity index (χ2v) is 9.39. The lowest BCUT2D eigenvalue weighted by atomic mass is 9.76. The fourth-order valence-electron chi connectivity index (χ4n) is 1.77. The van der Waals surface area contributed by atoms with Crippen molar-refractivity contribution in [3.63, 3.8) is 0 Å². The maximum absolute atomic E-state index is 12.3. The first-order valence-corrected chi connectivity index (χ1v) is 7.22. The Morgan fingerprint density at radius 2 is 1.86 bits per heavy atom. The summed E-state index contributed by atoms with van der Waals surface area (Å²) >= 11 is 10.6. The van der Waals surface area contributed by atoms with Gasteiger partial charge in [-0.1, -0.05) is 68.6 Å². The van der Waals surface area contributed by atoms with Gasteiger partial charge in [0.05, 0.1) is 4.32 Å². The van der Waals surface area contributed by atoms with Crippen LogP contribution in [0.2, 0.25) is 0 Å². The van der Waals surface area contributed by atoms with Gasteiger partial charge in [-0.3, -0.25) is 4.79 Å². The fraction of sp³-hybridized carbons (Fsp3) is 0.900. The van der Waals surface area contributed by atoms with Gasteiger partial charge in [0.25, 0.3) is 0 Å². The van der Waals surface area contributed by atoms with Gasteiger partial charge in [0.1, 0.15) is 3.23 Å². The van der Waals surface area contributed by atoms with E-state index in [9.17, 15) is 4.79 Å². The van der Waals surface area contributed by atoms with Gasteiger partial charge in [-0.2, -0.15) is 0 Å². The Morgan fingerprint density at radius 1 is 1.36 bits per heavy atom. The summed E-state index contributed by atoms with van der Waals surface area (Å²) in [5, 5.41) is 0. The predicted molar refractivity (Wildman–Crippen MR) is 70.5 cm³/mol. The van der Waals surface area contributed by atoms with Gasteiger partial charge >= 0.3 is 0 Å². The van der Waals surface area contributed by atoms with Crippen LogP contribution in [-0.2, 0) is 4.79 Å². The third kappa shape index (κ3) is 1.99. The van der Waals surface area contributed by atoms with Crippen LogP contribution in [0.25, 0.3) is 0 Å². The highest BCUT2D eigenvalue weighted by molar-refractivity contribution is 9.26. The first kappa shape index (κ1) is 13.2. The Balaban J connectivity index is 3.02. The summed E-state index contributed by atoms with van der Waals surface area (Å²) in [7, 11) is 0. The Bertz CT molecular complexity index is 250. The highest BCUT2D eigenvalue weighted by Gasteiger charge is 2.54. The second-order valence-electron chi connectivity index (χ2n) is 4.41. The molecule has 1 nitrogen and oxygen atoms in total.